The number of fused-ring (bicyclic) bond motifs is 4. The number of rotatable bonds is 1. The Morgan fingerprint density at radius 1 is 1.08 bits per heavy atom. The lowest BCUT2D eigenvalue weighted by Gasteiger charge is -2.46. The molecule has 0 saturated heterocycles. The third-order valence-electron chi connectivity index (χ3n) is 6.22. The van der Waals surface area contributed by atoms with Crippen LogP contribution in [0.1, 0.15) is 61.1 Å². The predicted molar refractivity (Wildman–Crippen MR) is 106 cm³/mol. The molecule has 2 nitrogen and oxygen atoms in total. The van der Waals surface area contributed by atoms with Crippen molar-refractivity contribution in [2.45, 2.75) is 57.5 Å². The highest BCUT2D eigenvalue weighted by Crippen LogP contribution is 2.59. The van der Waals surface area contributed by atoms with Crippen LogP contribution in [0.15, 0.2) is 42.6 Å². The average Bonchev–Trinajstić information content (AvgIpc) is 3.13. The smallest absolute Gasteiger partial charge is 0.0869 e. The summed E-state index contributed by atoms with van der Waals surface area (Å²) in [6, 6.07) is 13.6. The molecule has 128 valence electrons. The molecule has 1 atom stereocenters. The Balaban J connectivity index is 1.79. The van der Waals surface area contributed by atoms with Crippen molar-refractivity contribution in [3.05, 3.63) is 58.6 Å². The summed E-state index contributed by atoms with van der Waals surface area (Å²) in [5.74, 6) is 0. The molecule has 1 aromatic carbocycles. The molecular weight excluding hydrogens is 324 g/mol. The molecule has 25 heavy (non-hydrogen) atoms. The number of hydrogen-bond donors (Lipinski definition) is 0. The molecule has 3 heteroatoms. The Morgan fingerprint density at radius 3 is 2.68 bits per heavy atom. The highest BCUT2D eigenvalue weighted by Gasteiger charge is 2.51. The summed E-state index contributed by atoms with van der Waals surface area (Å²) in [5, 5.41) is 0. The van der Waals surface area contributed by atoms with Crippen molar-refractivity contribution in [1.29, 1.82) is 0 Å². The molecule has 1 aliphatic heterocycles. The number of pyridine rings is 1. The fourth-order valence-corrected chi connectivity index (χ4v) is 6.50. The van der Waals surface area contributed by atoms with E-state index in [1.807, 2.05) is 17.5 Å². The third kappa shape index (κ3) is 2.05. The van der Waals surface area contributed by atoms with Crippen LogP contribution in [-0.4, -0.2) is 4.98 Å². The van der Waals surface area contributed by atoms with Gasteiger partial charge in [-0.3, -0.25) is 4.98 Å². The van der Waals surface area contributed by atoms with Gasteiger partial charge in [0.2, 0.25) is 0 Å². The van der Waals surface area contributed by atoms with Gasteiger partial charge in [-0.2, -0.15) is 0 Å². The van der Waals surface area contributed by atoms with Gasteiger partial charge in [-0.25, -0.2) is 0 Å². The molecule has 0 amide bonds. The standard InChI is InChI=1S/C22H24N2S/c1-15-9-4-5-10-17(15)24-16(2)21-19(22(24)12-6-3-7-13-22)20-18(25-21)11-8-14-23-20/h4-5,8-11,14,16H,3,6-7,12-13H2,1-2H3/t16-/m0/s1. The Morgan fingerprint density at radius 2 is 1.88 bits per heavy atom. The molecule has 2 aliphatic rings. The Labute approximate surface area is 153 Å². The first-order chi connectivity index (χ1) is 12.2. The molecule has 3 aromatic rings. The zero-order chi connectivity index (χ0) is 17.0. The van der Waals surface area contributed by atoms with Gasteiger partial charge in [-0.15, -0.1) is 11.3 Å². The van der Waals surface area contributed by atoms with Crippen LogP contribution in [0.3, 0.4) is 0 Å². The minimum atomic E-state index is 0.131. The minimum absolute atomic E-state index is 0.131. The maximum Gasteiger partial charge on any atom is 0.0869 e. The molecule has 0 unspecified atom stereocenters. The lowest BCUT2D eigenvalue weighted by molar-refractivity contribution is 0.285. The maximum absolute atomic E-state index is 4.83. The van der Waals surface area contributed by atoms with E-state index in [0.29, 0.717) is 6.04 Å². The quantitative estimate of drug-likeness (QED) is 0.510. The van der Waals surface area contributed by atoms with E-state index in [2.05, 4.69) is 55.1 Å². The number of anilines is 1. The van der Waals surface area contributed by atoms with Crippen molar-refractivity contribution in [2.75, 3.05) is 4.90 Å². The number of benzene rings is 1. The molecule has 1 saturated carbocycles. The van der Waals surface area contributed by atoms with Crippen LogP contribution in [0.4, 0.5) is 5.69 Å². The molecule has 1 spiro atoms. The summed E-state index contributed by atoms with van der Waals surface area (Å²) in [6.07, 6.45) is 8.47. The topological polar surface area (TPSA) is 16.1 Å². The van der Waals surface area contributed by atoms with Crippen LogP contribution < -0.4 is 4.90 Å². The first kappa shape index (κ1) is 15.4. The van der Waals surface area contributed by atoms with E-state index in [9.17, 15) is 0 Å². The monoisotopic (exact) mass is 348 g/mol. The first-order valence-corrected chi connectivity index (χ1v) is 10.3. The van der Waals surface area contributed by atoms with Crippen molar-refractivity contribution in [1.82, 2.24) is 4.98 Å². The molecule has 5 rings (SSSR count). The average molecular weight is 349 g/mol. The van der Waals surface area contributed by atoms with E-state index < -0.39 is 0 Å². The van der Waals surface area contributed by atoms with E-state index in [-0.39, 0.29) is 5.54 Å². The summed E-state index contributed by atoms with van der Waals surface area (Å²) in [5.41, 5.74) is 5.72. The molecule has 3 heterocycles. The number of para-hydroxylation sites is 1. The summed E-state index contributed by atoms with van der Waals surface area (Å²) < 4.78 is 1.36. The van der Waals surface area contributed by atoms with Crippen LogP contribution in [0.25, 0.3) is 10.2 Å². The van der Waals surface area contributed by atoms with Crippen molar-refractivity contribution in [3.63, 3.8) is 0 Å². The van der Waals surface area contributed by atoms with Crippen molar-refractivity contribution < 1.29 is 0 Å². The summed E-state index contributed by atoms with van der Waals surface area (Å²) in [4.78, 5) is 9.12. The second kappa shape index (κ2) is 5.57. The lowest BCUT2D eigenvalue weighted by atomic mass is 9.76. The number of thiophene rings is 1. The molecule has 1 fully saturated rings. The van der Waals surface area contributed by atoms with Gasteiger partial charge in [0, 0.05) is 22.3 Å². The number of aromatic nitrogens is 1. The molecular formula is C22H24N2S. The van der Waals surface area contributed by atoms with E-state index >= 15 is 0 Å². The zero-order valence-electron chi connectivity index (χ0n) is 15.0. The largest absolute Gasteiger partial charge is 0.354 e. The molecule has 0 radical (unpaired) electrons. The zero-order valence-corrected chi connectivity index (χ0v) is 15.8. The van der Waals surface area contributed by atoms with Gasteiger partial charge in [0.05, 0.1) is 21.8 Å². The van der Waals surface area contributed by atoms with Gasteiger partial charge in [-0.05, 0) is 50.5 Å². The minimum Gasteiger partial charge on any atom is -0.354 e. The lowest BCUT2D eigenvalue weighted by Crippen LogP contribution is -2.44. The number of nitrogens with zero attached hydrogens (tertiary/aromatic N) is 2. The molecule has 2 aromatic heterocycles. The van der Waals surface area contributed by atoms with E-state index in [1.54, 1.807) is 10.4 Å². The highest BCUT2D eigenvalue weighted by atomic mass is 32.1. The van der Waals surface area contributed by atoms with E-state index in [4.69, 9.17) is 4.98 Å². The Kier molecular flexibility index (Phi) is 3.43. The van der Waals surface area contributed by atoms with Gasteiger partial charge >= 0.3 is 0 Å². The number of hydrogen-bond acceptors (Lipinski definition) is 3. The van der Waals surface area contributed by atoms with Crippen molar-refractivity contribution in [2.24, 2.45) is 0 Å². The fraction of sp³-hybridized carbons (Fsp3) is 0.409. The van der Waals surface area contributed by atoms with Crippen LogP contribution in [0.2, 0.25) is 0 Å². The molecule has 0 N–H and O–H groups in total. The normalized spacial score (nSPS) is 21.8. The van der Waals surface area contributed by atoms with Crippen molar-refractivity contribution >= 4 is 27.2 Å². The van der Waals surface area contributed by atoms with Gasteiger partial charge in [0.25, 0.3) is 0 Å². The summed E-state index contributed by atoms with van der Waals surface area (Å²) in [6.45, 7) is 4.64. The van der Waals surface area contributed by atoms with Gasteiger partial charge in [0.1, 0.15) is 0 Å². The van der Waals surface area contributed by atoms with E-state index in [1.165, 1.54) is 53.6 Å². The Bertz CT molecular complexity index is 936. The predicted octanol–water partition coefficient (Wildman–Crippen LogP) is 6.35. The van der Waals surface area contributed by atoms with Gasteiger partial charge in [-0.1, -0.05) is 37.5 Å². The maximum atomic E-state index is 4.83. The van der Waals surface area contributed by atoms with Crippen LogP contribution >= 0.6 is 11.3 Å². The van der Waals surface area contributed by atoms with Gasteiger partial charge < -0.3 is 4.90 Å². The second-order valence-corrected chi connectivity index (χ2v) is 8.70. The summed E-state index contributed by atoms with van der Waals surface area (Å²) in [7, 11) is 0. The summed E-state index contributed by atoms with van der Waals surface area (Å²) >= 11 is 1.96. The van der Waals surface area contributed by atoms with Crippen LogP contribution in [0, 0.1) is 6.92 Å². The SMILES string of the molecule is Cc1ccccc1N1[C@@H](C)c2sc3cccnc3c2C12CCCCC2. The highest BCUT2D eigenvalue weighted by molar-refractivity contribution is 7.19. The van der Waals surface area contributed by atoms with Crippen LogP contribution in [-0.2, 0) is 5.54 Å². The third-order valence-corrected chi connectivity index (χ3v) is 7.54. The van der Waals surface area contributed by atoms with Crippen molar-refractivity contribution in [3.8, 4) is 0 Å². The molecule has 1 aliphatic carbocycles. The first-order valence-electron chi connectivity index (χ1n) is 9.45. The number of aryl methyl sites for hydroxylation is 1. The Hall–Kier alpha value is -1.87. The van der Waals surface area contributed by atoms with E-state index in [0.717, 1.165) is 0 Å². The fourth-order valence-electron chi connectivity index (χ4n) is 5.20. The van der Waals surface area contributed by atoms with Gasteiger partial charge in [0.15, 0.2) is 0 Å². The van der Waals surface area contributed by atoms with Crippen LogP contribution in [0.5, 0.6) is 0 Å². The second-order valence-electron chi connectivity index (χ2n) is 7.62. The molecule has 0 bridgehead atoms.